The van der Waals surface area contributed by atoms with E-state index in [2.05, 4.69) is 10.6 Å². The van der Waals surface area contributed by atoms with Gasteiger partial charge in [0, 0.05) is 55.6 Å². The fourth-order valence-corrected chi connectivity index (χ4v) is 11.2. The summed E-state index contributed by atoms with van der Waals surface area (Å²) in [6.07, 6.45) is -10.7. The van der Waals surface area contributed by atoms with Crippen molar-refractivity contribution in [2.75, 3.05) is 42.0 Å². The van der Waals surface area contributed by atoms with Crippen LogP contribution >= 0.6 is 0 Å². The number of carboxylic acids is 1. The molecule has 8 unspecified atom stereocenters. The van der Waals surface area contributed by atoms with E-state index in [1.165, 1.54) is 32.2 Å². The molecule has 0 radical (unpaired) electrons. The second-order valence-corrected chi connectivity index (χ2v) is 22.8. The molecule has 0 saturated carbocycles. The highest BCUT2D eigenvalue weighted by Crippen LogP contribution is 2.34. The van der Waals surface area contributed by atoms with E-state index in [4.69, 9.17) is 42.6 Å². The molecule has 0 aliphatic carbocycles. The van der Waals surface area contributed by atoms with Crippen LogP contribution in [0.25, 0.3) is 0 Å². The van der Waals surface area contributed by atoms with Crippen molar-refractivity contribution in [1.29, 1.82) is 0 Å². The molecular formula is C61H89N5O21. The second kappa shape index (κ2) is 33.1. The van der Waals surface area contributed by atoms with Gasteiger partial charge in [0.05, 0.1) is 55.9 Å². The van der Waals surface area contributed by atoms with E-state index < -0.39 is 163 Å². The van der Waals surface area contributed by atoms with Crippen LogP contribution in [0.3, 0.4) is 0 Å². The van der Waals surface area contributed by atoms with Crippen molar-refractivity contribution in [3.63, 3.8) is 0 Å². The monoisotopic (exact) mass is 1230 g/mol. The number of methoxy groups -OCH3 is 3. The smallest absolute Gasteiger partial charge is 0.410 e. The van der Waals surface area contributed by atoms with E-state index >= 15 is 0 Å². The molecule has 2 aliphatic rings. The van der Waals surface area contributed by atoms with Gasteiger partial charge >= 0.3 is 35.9 Å². The Labute approximate surface area is 508 Å². The first-order chi connectivity index (χ1) is 40.9. The molecule has 2 aromatic carbocycles. The summed E-state index contributed by atoms with van der Waals surface area (Å²) in [5.74, 6) is -9.63. The van der Waals surface area contributed by atoms with Gasteiger partial charge in [-0.3, -0.25) is 38.5 Å². The van der Waals surface area contributed by atoms with E-state index in [1.807, 2.05) is 19.9 Å². The number of nitrogens with one attached hydrogen (secondary N) is 2. The molecule has 2 aliphatic heterocycles. The summed E-state index contributed by atoms with van der Waals surface area (Å²) < 4.78 is 50.1. The van der Waals surface area contributed by atoms with Gasteiger partial charge in [-0.1, -0.05) is 91.3 Å². The third-order valence-corrected chi connectivity index (χ3v) is 15.8. The number of aromatic carboxylic acids is 1. The number of likely N-dealkylation sites (tertiary alicyclic amines) is 1. The van der Waals surface area contributed by atoms with Crippen molar-refractivity contribution in [1.82, 2.24) is 25.3 Å². The summed E-state index contributed by atoms with van der Waals surface area (Å²) in [6, 6.07) is 8.50. The average Bonchev–Trinajstić information content (AvgIpc) is 4.22. The zero-order valence-electron chi connectivity index (χ0n) is 52.7. The lowest BCUT2D eigenvalue weighted by molar-refractivity contribution is -0.282. The van der Waals surface area contributed by atoms with Crippen LogP contribution in [0, 0.1) is 23.7 Å². The van der Waals surface area contributed by atoms with Gasteiger partial charge in [-0.25, -0.2) is 14.4 Å². The highest BCUT2D eigenvalue weighted by atomic mass is 16.7. The maximum absolute atomic E-state index is 14.8. The molecule has 484 valence electrons. The van der Waals surface area contributed by atoms with Crippen molar-refractivity contribution < 1.29 is 101 Å². The van der Waals surface area contributed by atoms with E-state index in [9.17, 15) is 58.2 Å². The lowest BCUT2D eigenvalue weighted by Crippen LogP contribution is -2.64. The molecule has 2 saturated heterocycles. The Kier molecular flexibility index (Phi) is 27.4. The SMILES string of the molecule is CCC(C)[C@@H](C(CC(=O)N1CCC[C@H]1C(OC)C(C)C(=O)NC(C)[C@@H](O)c1ccccc1)OC)N(C)C(=O)[C@@H](NC(=O)C(C(C)C)N(C)C(=O)OCc1ccc(OC2OC(C(=O)OC)[C@@H](OC(C)=O)[C@H](OC(C)=O)[C@H]2OC(C)=O)c(C(=O)O)c1)C(C)C. The van der Waals surface area contributed by atoms with Crippen LogP contribution in [0.5, 0.6) is 5.75 Å². The number of likely N-dealkylation sites (N-methyl/N-ethyl adjacent to an activating group) is 2. The molecule has 2 aromatic rings. The molecule has 26 nitrogen and oxygen atoms in total. The molecule has 0 spiro atoms. The van der Waals surface area contributed by atoms with Crippen LogP contribution < -0.4 is 15.4 Å². The number of carboxylic acid groups (broad SMARTS) is 1. The van der Waals surface area contributed by atoms with Gasteiger partial charge in [0.15, 0.2) is 18.3 Å². The first-order valence-electron chi connectivity index (χ1n) is 29.1. The summed E-state index contributed by atoms with van der Waals surface area (Å²) in [6.45, 7) is 17.1. The standard InChI is InChI=1S/C61H89N5O21/c1-17-33(6)48(44(79-14)29-45(70)66-27-21-24-42(66)50(80-15)34(7)55(72)62-35(8)49(71)40-22-19-18-20-23-40)64(12)57(74)46(31(2)3)63-56(73)47(32(4)5)65(13)61(78)82-30-39-25-26-43(41(28-39)58(75)76)86-60-54(85-38(11)69)52(84-37(10)68)51(83-36(9)67)53(87-60)59(77)81-16/h18-20,22-23,25-26,28,31-35,42,44,46-54,60,71H,17,21,24,27,29-30H2,1-16H3,(H,62,72)(H,63,73)(H,75,76)/t33?,34?,35?,42-,44?,46-,47?,48-,49+,50?,51-,52-,53?,54+,60?/m0/s1. The predicted octanol–water partition coefficient (Wildman–Crippen LogP) is 4.35. The van der Waals surface area contributed by atoms with E-state index in [0.29, 0.717) is 31.4 Å². The van der Waals surface area contributed by atoms with Gasteiger partial charge < -0.3 is 73.3 Å². The summed E-state index contributed by atoms with van der Waals surface area (Å²) in [5, 5.41) is 27.1. The summed E-state index contributed by atoms with van der Waals surface area (Å²) in [7, 11) is 6.89. The zero-order chi connectivity index (χ0) is 65.3. The Balaban J connectivity index is 1.50. The lowest BCUT2D eigenvalue weighted by atomic mass is 9.89. The van der Waals surface area contributed by atoms with Crippen LogP contribution in [-0.2, 0) is 82.9 Å². The minimum absolute atomic E-state index is 0.120. The lowest BCUT2D eigenvalue weighted by Gasteiger charge is -2.43. The van der Waals surface area contributed by atoms with Crippen molar-refractivity contribution in [3.05, 3.63) is 65.2 Å². The molecule has 2 fully saturated rings. The summed E-state index contributed by atoms with van der Waals surface area (Å²) in [4.78, 5) is 138. The number of rotatable bonds is 29. The molecule has 4 rings (SSSR count). The Hall–Kier alpha value is -7.42. The number of ether oxygens (including phenoxy) is 9. The molecular weight excluding hydrogens is 1140 g/mol. The fourth-order valence-electron chi connectivity index (χ4n) is 11.2. The number of esters is 4. The molecule has 0 aromatic heterocycles. The maximum atomic E-state index is 14.8. The molecule has 15 atom stereocenters. The van der Waals surface area contributed by atoms with Crippen molar-refractivity contribution in [2.45, 2.75) is 188 Å². The van der Waals surface area contributed by atoms with Gasteiger partial charge in [-0.05, 0) is 60.8 Å². The Bertz CT molecular complexity index is 2710. The van der Waals surface area contributed by atoms with Crippen LogP contribution in [0.15, 0.2) is 48.5 Å². The number of carbonyl (C=O) groups is 10. The van der Waals surface area contributed by atoms with Gasteiger partial charge in [0.2, 0.25) is 36.0 Å². The molecule has 5 amide bonds. The van der Waals surface area contributed by atoms with Crippen LogP contribution in [0.2, 0.25) is 0 Å². The van der Waals surface area contributed by atoms with E-state index in [1.54, 1.807) is 77.8 Å². The average molecular weight is 1230 g/mol. The number of aliphatic hydroxyl groups excluding tert-OH is 1. The molecule has 2 heterocycles. The minimum Gasteiger partial charge on any atom is -0.478 e. The van der Waals surface area contributed by atoms with Gasteiger partial charge in [-0.2, -0.15) is 0 Å². The van der Waals surface area contributed by atoms with Crippen molar-refractivity contribution in [2.24, 2.45) is 23.7 Å². The maximum Gasteiger partial charge on any atom is 0.410 e. The first kappa shape index (κ1) is 72.1. The van der Waals surface area contributed by atoms with Crippen LogP contribution in [0.1, 0.15) is 129 Å². The number of amides is 5. The molecule has 0 bridgehead atoms. The highest BCUT2D eigenvalue weighted by Gasteiger charge is 2.56. The van der Waals surface area contributed by atoms with Gasteiger partial charge in [0.25, 0.3) is 0 Å². The topological polar surface area (TPSA) is 328 Å². The molecule has 26 heteroatoms. The van der Waals surface area contributed by atoms with E-state index in [0.717, 1.165) is 44.9 Å². The van der Waals surface area contributed by atoms with Crippen molar-refractivity contribution in [3.8, 4) is 5.75 Å². The molecule has 4 N–H and O–H groups in total. The molecule has 87 heavy (non-hydrogen) atoms. The first-order valence-corrected chi connectivity index (χ1v) is 29.1. The Morgan fingerprint density at radius 2 is 1.37 bits per heavy atom. The third-order valence-electron chi connectivity index (χ3n) is 15.8. The largest absolute Gasteiger partial charge is 0.478 e. The number of aliphatic hydroxyl groups is 1. The Morgan fingerprint density at radius 3 is 1.91 bits per heavy atom. The van der Waals surface area contributed by atoms with Crippen LogP contribution in [0.4, 0.5) is 4.79 Å². The van der Waals surface area contributed by atoms with Crippen molar-refractivity contribution >= 4 is 59.6 Å². The summed E-state index contributed by atoms with van der Waals surface area (Å²) in [5.41, 5.74) is 0.239. The minimum atomic E-state index is -1.88. The number of benzene rings is 2. The fraction of sp³-hybridized carbons (Fsp3) is 0.639. The van der Waals surface area contributed by atoms with Crippen LogP contribution in [-0.4, -0.2) is 200 Å². The third kappa shape index (κ3) is 18.8. The number of carbonyl (C=O) groups excluding carboxylic acids is 9. The normalized spacial score (nSPS) is 21.5. The predicted molar refractivity (Wildman–Crippen MR) is 310 cm³/mol. The van der Waals surface area contributed by atoms with Gasteiger partial charge in [-0.15, -0.1) is 0 Å². The summed E-state index contributed by atoms with van der Waals surface area (Å²) >= 11 is 0. The highest BCUT2D eigenvalue weighted by molar-refractivity contribution is 5.92. The van der Waals surface area contributed by atoms with E-state index in [-0.39, 0.29) is 29.7 Å². The number of nitrogens with zero attached hydrogens (tertiary/aromatic N) is 3. The quantitative estimate of drug-likeness (QED) is 0.0650. The number of hydrogen-bond donors (Lipinski definition) is 4. The Morgan fingerprint density at radius 1 is 0.759 bits per heavy atom. The van der Waals surface area contributed by atoms with Gasteiger partial charge in [0.1, 0.15) is 30.0 Å². The zero-order valence-corrected chi connectivity index (χ0v) is 52.7. The number of hydrogen-bond acceptors (Lipinski definition) is 20. The second-order valence-electron chi connectivity index (χ2n) is 22.8.